The van der Waals surface area contributed by atoms with Gasteiger partial charge in [0.1, 0.15) is 0 Å². The van der Waals surface area contributed by atoms with Crippen LogP contribution in [-0.2, 0) is 27.6 Å². The third kappa shape index (κ3) is 4.77. The largest absolute Gasteiger partial charge is 0.334 e. The fourth-order valence-corrected chi connectivity index (χ4v) is 5.52. The minimum absolute atomic E-state index is 0.0373. The number of carbonyl (C=O) groups is 1. The summed E-state index contributed by atoms with van der Waals surface area (Å²) in [5, 5.41) is 0. The Kier molecular flexibility index (Phi) is 5.53. The van der Waals surface area contributed by atoms with Crippen molar-refractivity contribution in [3.05, 3.63) is 90.3 Å². The second-order valence-corrected chi connectivity index (χ2v) is 9.73. The second kappa shape index (κ2) is 8.25. The van der Waals surface area contributed by atoms with Crippen LogP contribution in [0.5, 0.6) is 0 Å². The summed E-state index contributed by atoms with van der Waals surface area (Å²) >= 11 is 0. The van der Waals surface area contributed by atoms with Gasteiger partial charge in [0.15, 0.2) is 9.84 Å². The number of sulfone groups is 1. The van der Waals surface area contributed by atoms with Gasteiger partial charge in [0.25, 0.3) is 0 Å². The topological polar surface area (TPSA) is 59.4 Å². The highest BCUT2D eigenvalue weighted by atomic mass is 32.2. The van der Waals surface area contributed by atoms with E-state index in [1.807, 2.05) is 83.7 Å². The summed E-state index contributed by atoms with van der Waals surface area (Å²) < 4.78 is 26.0. The summed E-state index contributed by atoms with van der Waals surface area (Å²) in [5.41, 5.74) is 2.96. The van der Waals surface area contributed by atoms with E-state index in [1.54, 1.807) is 4.90 Å². The highest BCUT2D eigenvalue weighted by Gasteiger charge is 2.34. The zero-order valence-corrected chi connectivity index (χ0v) is 17.0. The Morgan fingerprint density at radius 1 is 0.931 bits per heavy atom. The van der Waals surface area contributed by atoms with Crippen molar-refractivity contribution in [1.29, 1.82) is 0 Å². The molecular formula is C23H24N2O3S. The van der Waals surface area contributed by atoms with E-state index < -0.39 is 9.84 Å². The third-order valence-corrected chi connectivity index (χ3v) is 7.11. The molecule has 150 valence electrons. The first-order chi connectivity index (χ1) is 14.0. The normalized spacial score (nSPS) is 17.9. The van der Waals surface area contributed by atoms with Crippen LogP contribution < -0.4 is 0 Å². The quantitative estimate of drug-likeness (QED) is 0.629. The molecule has 1 saturated heterocycles. The standard InChI is InChI=1S/C23H24N2O3S/c26-23(16-19-8-10-21(11-9-19)24-13-4-5-14-24)25(17-20-6-2-1-3-7-20)22-12-15-29(27,28)18-22/h1-11,13-14,22H,12,15-18H2/t22-/m0/s1. The van der Waals surface area contributed by atoms with Gasteiger partial charge < -0.3 is 9.47 Å². The van der Waals surface area contributed by atoms with Gasteiger partial charge >= 0.3 is 0 Å². The molecule has 5 nitrogen and oxygen atoms in total. The first kappa shape index (κ1) is 19.5. The molecule has 2 heterocycles. The van der Waals surface area contributed by atoms with Crippen LogP contribution in [0.15, 0.2) is 79.1 Å². The molecular weight excluding hydrogens is 384 g/mol. The minimum atomic E-state index is -3.07. The highest BCUT2D eigenvalue weighted by Crippen LogP contribution is 2.22. The molecule has 0 saturated carbocycles. The van der Waals surface area contributed by atoms with Crippen LogP contribution in [-0.4, -0.2) is 41.3 Å². The summed E-state index contributed by atoms with van der Waals surface area (Å²) in [6, 6.07) is 21.3. The van der Waals surface area contributed by atoms with E-state index >= 15 is 0 Å². The van der Waals surface area contributed by atoms with E-state index in [9.17, 15) is 13.2 Å². The Bertz CT molecular complexity index is 1060. The number of benzene rings is 2. The molecule has 1 atom stereocenters. The first-order valence-corrected chi connectivity index (χ1v) is 11.6. The van der Waals surface area contributed by atoms with Gasteiger partial charge in [-0.25, -0.2) is 8.42 Å². The molecule has 1 amide bonds. The average molecular weight is 409 g/mol. The first-order valence-electron chi connectivity index (χ1n) is 9.76. The predicted octanol–water partition coefficient (Wildman–Crippen LogP) is 3.24. The molecule has 1 fully saturated rings. The number of hydrogen-bond donors (Lipinski definition) is 0. The van der Waals surface area contributed by atoms with E-state index in [4.69, 9.17) is 0 Å². The predicted molar refractivity (Wildman–Crippen MR) is 114 cm³/mol. The van der Waals surface area contributed by atoms with Crippen LogP contribution in [0.4, 0.5) is 0 Å². The maximum atomic E-state index is 13.2. The Hall–Kier alpha value is -2.86. The van der Waals surface area contributed by atoms with Gasteiger partial charge in [0, 0.05) is 30.7 Å². The zero-order valence-electron chi connectivity index (χ0n) is 16.1. The van der Waals surface area contributed by atoms with Gasteiger partial charge in [-0.3, -0.25) is 4.79 Å². The Morgan fingerprint density at radius 2 is 1.62 bits per heavy atom. The smallest absolute Gasteiger partial charge is 0.227 e. The van der Waals surface area contributed by atoms with Crippen molar-refractivity contribution in [3.8, 4) is 5.69 Å². The average Bonchev–Trinajstić information content (AvgIpc) is 3.37. The van der Waals surface area contributed by atoms with Gasteiger partial charge in [-0.05, 0) is 41.8 Å². The van der Waals surface area contributed by atoms with Gasteiger partial charge in [0.2, 0.25) is 5.91 Å². The molecule has 0 spiro atoms. The maximum Gasteiger partial charge on any atom is 0.227 e. The lowest BCUT2D eigenvalue weighted by Gasteiger charge is -2.28. The van der Waals surface area contributed by atoms with Crippen LogP contribution in [0.2, 0.25) is 0 Å². The lowest BCUT2D eigenvalue weighted by Crippen LogP contribution is -2.41. The summed E-state index contributed by atoms with van der Waals surface area (Å²) in [7, 11) is -3.07. The molecule has 4 rings (SSSR count). The van der Waals surface area contributed by atoms with Crippen molar-refractivity contribution in [2.24, 2.45) is 0 Å². The lowest BCUT2D eigenvalue weighted by atomic mass is 10.1. The molecule has 6 heteroatoms. The van der Waals surface area contributed by atoms with Gasteiger partial charge in [-0.2, -0.15) is 0 Å². The van der Waals surface area contributed by atoms with E-state index in [1.165, 1.54) is 0 Å². The SMILES string of the molecule is O=C(Cc1ccc(-n2cccc2)cc1)N(Cc1ccccc1)[C@H]1CCS(=O)(=O)C1. The number of aromatic nitrogens is 1. The van der Waals surface area contributed by atoms with Crippen LogP contribution in [0.3, 0.4) is 0 Å². The Balaban J connectivity index is 1.51. The van der Waals surface area contributed by atoms with Crippen LogP contribution in [0, 0.1) is 0 Å². The van der Waals surface area contributed by atoms with Crippen molar-refractivity contribution in [3.63, 3.8) is 0 Å². The number of carbonyl (C=O) groups excluding carboxylic acids is 1. The van der Waals surface area contributed by atoms with Crippen LogP contribution in [0.25, 0.3) is 5.69 Å². The van der Waals surface area contributed by atoms with E-state index in [0.717, 1.165) is 16.8 Å². The number of rotatable bonds is 6. The number of amides is 1. The fraction of sp³-hybridized carbons (Fsp3) is 0.261. The molecule has 0 bridgehead atoms. The van der Waals surface area contributed by atoms with E-state index in [2.05, 4.69) is 0 Å². The van der Waals surface area contributed by atoms with Crippen molar-refractivity contribution in [1.82, 2.24) is 9.47 Å². The summed E-state index contributed by atoms with van der Waals surface area (Å²) in [4.78, 5) is 14.9. The molecule has 0 N–H and O–H groups in total. The molecule has 3 aromatic rings. The monoisotopic (exact) mass is 408 g/mol. The third-order valence-electron chi connectivity index (χ3n) is 5.36. The molecule has 0 unspecified atom stereocenters. The molecule has 1 aromatic heterocycles. The summed E-state index contributed by atoms with van der Waals surface area (Å²) in [6.07, 6.45) is 4.72. The minimum Gasteiger partial charge on any atom is -0.334 e. The second-order valence-electron chi connectivity index (χ2n) is 7.50. The number of nitrogens with zero attached hydrogens (tertiary/aromatic N) is 2. The Labute approximate surface area is 171 Å². The van der Waals surface area contributed by atoms with Gasteiger partial charge in [-0.15, -0.1) is 0 Å². The molecule has 1 aliphatic heterocycles. The van der Waals surface area contributed by atoms with Gasteiger partial charge in [0.05, 0.1) is 17.9 Å². The maximum absolute atomic E-state index is 13.2. The molecule has 1 aliphatic rings. The van der Waals surface area contributed by atoms with Crippen molar-refractivity contribution < 1.29 is 13.2 Å². The molecule has 0 radical (unpaired) electrons. The van der Waals surface area contributed by atoms with Crippen molar-refractivity contribution >= 4 is 15.7 Å². The molecule has 2 aromatic carbocycles. The molecule has 0 aliphatic carbocycles. The number of hydrogen-bond acceptors (Lipinski definition) is 3. The Morgan fingerprint density at radius 3 is 2.24 bits per heavy atom. The van der Waals surface area contributed by atoms with Crippen LogP contribution in [0.1, 0.15) is 17.5 Å². The van der Waals surface area contributed by atoms with Crippen molar-refractivity contribution in [2.75, 3.05) is 11.5 Å². The summed E-state index contributed by atoms with van der Waals surface area (Å²) in [5.74, 6) is 0.171. The lowest BCUT2D eigenvalue weighted by molar-refractivity contribution is -0.133. The van der Waals surface area contributed by atoms with Crippen LogP contribution >= 0.6 is 0 Å². The fourth-order valence-electron chi connectivity index (χ4n) is 3.79. The highest BCUT2D eigenvalue weighted by molar-refractivity contribution is 7.91. The van der Waals surface area contributed by atoms with Gasteiger partial charge in [-0.1, -0.05) is 42.5 Å². The summed E-state index contributed by atoms with van der Waals surface area (Å²) in [6.45, 7) is 0.432. The van der Waals surface area contributed by atoms with E-state index in [-0.39, 0.29) is 29.9 Å². The van der Waals surface area contributed by atoms with E-state index in [0.29, 0.717) is 13.0 Å². The zero-order chi connectivity index (χ0) is 20.3. The molecule has 29 heavy (non-hydrogen) atoms. The van der Waals surface area contributed by atoms with Crippen molar-refractivity contribution in [2.45, 2.75) is 25.4 Å².